The second-order valence-corrected chi connectivity index (χ2v) is 5.87. The first-order valence-electron chi connectivity index (χ1n) is 6.74. The van der Waals surface area contributed by atoms with Gasteiger partial charge in [-0.2, -0.15) is 13.2 Å². The molecule has 0 aliphatic heterocycles. The number of hydrogen-bond acceptors (Lipinski definition) is 7. The SMILES string of the molecule is O=[N+]([O-])c1cc(C(F)(F)F)cc([N+](=O)[O-])c1Sc1nc2ccccc2o1. The number of para-hydroxylation sites is 2. The molecule has 3 rings (SSSR count). The van der Waals surface area contributed by atoms with E-state index in [9.17, 15) is 33.4 Å². The lowest BCUT2D eigenvalue weighted by atomic mass is 10.1. The molecule has 0 unspecified atom stereocenters. The molecule has 134 valence electrons. The van der Waals surface area contributed by atoms with E-state index in [2.05, 4.69) is 4.98 Å². The third kappa shape index (κ3) is 3.31. The summed E-state index contributed by atoms with van der Waals surface area (Å²) in [5, 5.41) is 22.2. The smallest absolute Gasteiger partial charge is 0.416 e. The first-order chi connectivity index (χ1) is 12.2. The number of aromatic nitrogens is 1. The van der Waals surface area contributed by atoms with Crippen LogP contribution in [-0.4, -0.2) is 14.8 Å². The molecule has 0 aliphatic rings. The van der Waals surface area contributed by atoms with Crippen molar-refractivity contribution in [3.63, 3.8) is 0 Å². The van der Waals surface area contributed by atoms with Gasteiger partial charge in [0.05, 0.1) is 15.4 Å². The van der Waals surface area contributed by atoms with E-state index in [-0.39, 0.29) is 17.4 Å². The quantitative estimate of drug-likeness (QED) is 0.468. The molecule has 0 bridgehead atoms. The molecule has 1 aromatic heterocycles. The van der Waals surface area contributed by atoms with Crippen LogP contribution in [0, 0.1) is 20.2 Å². The van der Waals surface area contributed by atoms with Crippen molar-refractivity contribution in [1.82, 2.24) is 4.98 Å². The van der Waals surface area contributed by atoms with E-state index in [0.717, 1.165) is 0 Å². The lowest BCUT2D eigenvalue weighted by Crippen LogP contribution is -2.08. The van der Waals surface area contributed by atoms with Crippen molar-refractivity contribution < 1.29 is 27.4 Å². The molecule has 2 aromatic carbocycles. The number of oxazole rings is 1. The molecule has 0 saturated carbocycles. The monoisotopic (exact) mass is 385 g/mol. The fourth-order valence-electron chi connectivity index (χ4n) is 2.12. The number of halogens is 3. The predicted octanol–water partition coefficient (Wildman–Crippen LogP) is 4.81. The molecule has 0 saturated heterocycles. The van der Waals surface area contributed by atoms with Crippen molar-refractivity contribution in [2.24, 2.45) is 0 Å². The standard InChI is InChI=1S/C14H6F3N3O5S/c15-14(16,17)7-5-9(19(21)22)12(10(6-7)20(23)24)26-13-18-8-3-1-2-4-11(8)25-13/h1-6H. The molecule has 3 aromatic rings. The zero-order valence-corrected chi connectivity index (χ0v) is 13.2. The Morgan fingerprint density at radius 2 is 1.62 bits per heavy atom. The highest BCUT2D eigenvalue weighted by atomic mass is 32.2. The highest BCUT2D eigenvalue weighted by Crippen LogP contribution is 2.45. The van der Waals surface area contributed by atoms with Crippen LogP contribution in [0.25, 0.3) is 11.1 Å². The van der Waals surface area contributed by atoms with Gasteiger partial charge >= 0.3 is 6.18 Å². The minimum atomic E-state index is -4.98. The van der Waals surface area contributed by atoms with Crippen LogP contribution in [-0.2, 0) is 6.18 Å². The molecule has 26 heavy (non-hydrogen) atoms. The Morgan fingerprint density at radius 1 is 1.04 bits per heavy atom. The first kappa shape index (κ1) is 17.7. The third-order valence-corrected chi connectivity index (χ3v) is 4.21. The summed E-state index contributed by atoms with van der Waals surface area (Å²) < 4.78 is 44.0. The van der Waals surface area contributed by atoms with Gasteiger partial charge in [-0.1, -0.05) is 12.1 Å². The van der Waals surface area contributed by atoms with E-state index in [1.165, 1.54) is 0 Å². The van der Waals surface area contributed by atoms with E-state index in [4.69, 9.17) is 4.42 Å². The molecule has 0 aliphatic carbocycles. The number of nitro groups is 2. The number of nitrogens with zero attached hydrogens (tertiary/aromatic N) is 3. The Kier molecular flexibility index (Phi) is 4.28. The second-order valence-electron chi connectivity index (χ2n) is 4.91. The van der Waals surface area contributed by atoms with Crippen LogP contribution in [0.4, 0.5) is 24.5 Å². The second kappa shape index (κ2) is 6.29. The number of benzene rings is 2. The predicted molar refractivity (Wildman–Crippen MR) is 82.9 cm³/mol. The van der Waals surface area contributed by atoms with Gasteiger partial charge in [0.1, 0.15) is 5.52 Å². The fourth-order valence-corrected chi connectivity index (χ4v) is 3.05. The minimum Gasteiger partial charge on any atom is -0.431 e. The summed E-state index contributed by atoms with van der Waals surface area (Å²) in [6.45, 7) is 0. The number of rotatable bonds is 4. The van der Waals surface area contributed by atoms with Crippen LogP contribution in [0.2, 0.25) is 0 Å². The average Bonchev–Trinajstić information content (AvgIpc) is 2.95. The molecule has 12 heteroatoms. The van der Waals surface area contributed by atoms with Crippen LogP contribution in [0.3, 0.4) is 0 Å². The molecule has 1 heterocycles. The summed E-state index contributed by atoms with van der Waals surface area (Å²) in [5.41, 5.74) is -2.88. The van der Waals surface area contributed by atoms with Crippen LogP contribution in [0.1, 0.15) is 5.56 Å². The summed E-state index contributed by atoms with van der Waals surface area (Å²) >= 11 is 0.414. The van der Waals surface area contributed by atoms with Crippen molar-refractivity contribution >= 4 is 34.2 Å². The minimum absolute atomic E-state index is 0.169. The maximum absolute atomic E-state index is 12.9. The number of fused-ring (bicyclic) bond motifs is 1. The zero-order valence-electron chi connectivity index (χ0n) is 12.4. The van der Waals surface area contributed by atoms with Gasteiger partial charge in [-0.25, -0.2) is 4.98 Å². The summed E-state index contributed by atoms with van der Waals surface area (Å²) in [5.74, 6) is 0. The van der Waals surface area contributed by atoms with E-state index in [1.807, 2.05) is 0 Å². The van der Waals surface area contributed by atoms with Crippen LogP contribution < -0.4 is 0 Å². The van der Waals surface area contributed by atoms with E-state index in [1.54, 1.807) is 24.3 Å². The van der Waals surface area contributed by atoms with Gasteiger partial charge in [-0.3, -0.25) is 20.2 Å². The van der Waals surface area contributed by atoms with Crippen LogP contribution in [0.5, 0.6) is 0 Å². The normalized spacial score (nSPS) is 11.7. The van der Waals surface area contributed by atoms with Crippen LogP contribution >= 0.6 is 11.8 Å². The molecule has 0 N–H and O–H groups in total. The van der Waals surface area contributed by atoms with E-state index >= 15 is 0 Å². The Labute approximate surface area is 145 Å². The highest BCUT2D eigenvalue weighted by Gasteiger charge is 2.38. The first-order valence-corrected chi connectivity index (χ1v) is 7.56. The Hall–Kier alpha value is -3.15. The van der Waals surface area contributed by atoms with Crippen molar-refractivity contribution in [3.8, 4) is 0 Å². The van der Waals surface area contributed by atoms with Gasteiger partial charge in [0.15, 0.2) is 10.5 Å². The van der Waals surface area contributed by atoms with Crippen molar-refractivity contribution in [2.45, 2.75) is 16.3 Å². The van der Waals surface area contributed by atoms with Crippen molar-refractivity contribution in [2.75, 3.05) is 0 Å². The lowest BCUT2D eigenvalue weighted by Gasteiger charge is -2.08. The molecule has 0 fully saturated rings. The molecular formula is C14H6F3N3O5S. The lowest BCUT2D eigenvalue weighted by molar-refractivity contribution is -0.400. The average molecular weight is 385 g/mol. The fraction of sp³-hybridized carbons (Fsp3) is 0.0714. The van der Waals surface area contributed by atoms with E-state index < -0.39 is 37.9 Å². The maximum atomic E-state index is 12.9. The Morgan fingerprint density at radius 3 is 2.12 bits per heavy atom. The number of nitro benzene ring substituents is 2. The van der Waals surface area contributed by atoms with Gasteiger partial charge in [-0.05, 0) is 23.9 Å². The van der Waals surface area contributed by atoms with E-state index in [0.29, 0.717) is 22.9 Å². The molecule has 0 amide bonds. The van der Waals surface area contributed by atoms with Crippen molar-refractivity contribution in [3.05, 3.63) is 62.2 Å². The van der Waals surface area contributed by atoms with Gasteiger partial charge in [0.25, 0.3) is 16.6 Å². The summed E-state index contributed by atoms with van der Waals surface area (Å²) in [6, 6.07) is 6.93. The Balaban J connectivity index is 2.17. The summed E-state index contributed by atoms with van der Waals surface area (Å²) in [7, 11) is 0. The summed E-state index contributed by atoms with van der Waals surface area (Å²) in [6.07, 6.45) is -4.98. The van der Waals surface area contributed by atoms with Crippen molar-refractivity contribution in [1.29, 1.82) is 0 Å². The molecule has 0 radical (unpaired) electrons. The summed E-state index contributed by atoms with van der Waals surface area (Å²) in [4.78, 5) is 23.6. The Bertz CT molecular complexity index is 966. The van der Waals surface area contributed by atoms with Gasteiger partial charge in [0, 0.05) is 12.1 Å². The maximum Gasteiger partial charge on any atom is 0.416 e. The largest absolute Gasteiger partial charge is 0.431 e. The molecule has 0 spiro atoms. The third-order valence-electron chi connectivity index (χ3n) is 3.23. The molecule has 8 nitrogen and oxygen atoms in total. The zero-order chi connectivity index (χ0) is 19.1. The highest BCUT2D eigenvalue weighted by molar-refractivity contribution is 7.99. The molecular weight excluding hydrogens is 379 g/mol. The van der Waals surface area contributed by atoms with Gasteiger partial charge in [0.2, 0.25) is 0 Å². The van der Waals surface area contributed by atoms with Crippen LogP contribution in [0.15, 0.2) is 50.9 Å². The van der Waals surface area contributed by atoms with Gasteiger partial charge in [-0.15, -0.1) is 0 Å². The number of alkyl halides is 3. The van der Waals surface area contributed by atoms with Gasteiger partial charge < -0.3 is 4.42 Å². The number of hydrogen-bond donors (Lipinski definition) is 0. The molecule has 0 atom stereocenters. The topological polar surface area (TPSA) is 112 Å².